The first kappa shape index (κ1) is 12.3. The maximum Gasteiger partial charge on any atom is 0.0402 e. The Hall–Kier alpha value is -1.76. The molecule has 1 nitrogen and oxygen atoms in total. The number of nitrogens with zero attached hydrogens (tertiary/aromatic N) is 1. The number of hydrogen-bond acceptors (Lipinski definition) is 1. The van der Waals surface area contributed by atoms with E-state index in [2.05, 4.69) is 66.4 Å². The Morgan fingerprint density at radius 2 is 1.74 bits per heavy atom. The van der Waals surface area contributed by atoms with Crippen molar-refractivity contribution in [1.82, 2.24) is 0 Å². The summed E-state index contributed by atoms with van der Waals surface area (Å²) in [6.45, 7) is 4.59. The number of rotatable bonds is 4. The summed E-state index contributed by atoms with van der Waals surface area (Å²) >= 11 is 0. The zero-order valence-electron chi connectivity index (χ0n) is 11.5. The van der Waals surface area contributed by atoms with Gasteiger partial charge in [-0.05, 0) is 30.0 Å². The molecule has 0 fully saturated rings. The van der Waals surface area contributed by atoms with E-state index in [1.165, 1.54) is 36.3 Å². The van der Waals surface area contributed by atoms with Crippen molar-refractivity contribution in [1.29, 1.82) is 0 Å². The molecule has 0 bridgehead atoms. The van der Waals surface area contributed by atoms with Gasteiger partial charge in [-0.25, -0.2) is 0 Å². The molecule has 98 valence electrons. The third-order valence-electron chi connectivity index (χ3n) is 3.98. The van der Waals surface area contributed by atoms with Gasteiger partial charge >= 0.3 is 0 Å². The second kappa shape index (κ2) is 5.48. The van der Waals surface area contributed by atoms with E-state index in [4.69, 9.17) is 0 Å². The summed E-state index contributed by atoms with van der Waals surface area (Å²) < 4.78 is 0. The molecule has 19 heavy (non-hydrogen) atoms. The molecule has 2 aromatic rings. The van der Waals surface area contributed by atoms with Crippen LogP contribution in [0.4, 0.5) is 5.69 Å². The van der Waals surface area contributed by atoms with Crippen LogP contribution in [0.3, 0.4) is 0 Å². The Morgan fingerprint density at radius 1 is 1.00 bits per heavy atom. The van der Waals surface area contributed by atoms with E-state index in [-0.39, 0.29) is 0 Å². The summed E-state index contributed by atoms with van der Waals surface area (Å²) in [4.78, 5) is 2.54. The quantitative estimate of drug-likeness (QED) is 0.785. The molecule has 1 unspecified atom stereocenters. The van der Waals surface area contributed by atoms with E-state index < -0.39 is 0 Å². The van der Waals surface area contributed by atoms with Crippen molar-refractivity contribution in [3.63, 3.8) is 0 Å². The van der Waals surface area contributed by atoms with Gasteiger partial charge in [0.25, 0.3) is 0 Å². The van der Waals surface area contributed by atoms with Crippen LogP contribution < -0.4 is 4.90 Å². The molecule has 0 aliphatic carbocycles. The van der Waals surface area contributed by atoms with Gasteiger partial charge in [0.1, 0.15) is 0 Å². The van der Waals surface area contributed by atoms with Crippen molar-refractivity contribution in [3.8, 4) is 0 Å². The summed E-state index contributed by atoms with van der Waals surface area (Å²) in [5.41, 5.74) is 4.42. The molecule has 1 heteroatoms. The number of benzene rings is 2. The first-order valence-corrected chi connectivity index (χ1v) is 7.26. The lowest BCUT2D eigenvalue weighted by molar-refractivity contribution is 0.682. The fourth-order valence-corrected chi connectivity index (χ4v) is 3.14. The van der Waals surface area contributed by atoms with Crippen LogP contribution in [0.15, 0.2) is 54.6 Å². The molecule has 0 N–H and O–H groups in total. The minimum atomic E-state index is 0.644. The lowest BCUT2D eigenvalue weighted by atomic mass is 9.94. The van der Waals surface area contributed by atoms with Crippen LogP contribution in [0.25, 0.3) is 0 Å². The topological polar surface area (TPSA) is 3.24 Å². The van der Waals surface area contributed by atoms with Crippen LogP contribution in [0.2, 0.25) is 0 Å². The molecule has 0 spiro atoms. The number of fused-ring (bicyclic) bond motifs is 1. The van der Waals surface area contributed by atoms with E-state index in [1.54, 1.807) is 0 Å². The fourth-order valence-electron chi connectivity index (χ4n) is 3.14. The zero-order chi connectivity index (χ0) is 13.1. The van der Waals surface area contributed by atoms with Gasteiger partial charge in [-0.1, -0.05) is 55.5 Å². The largest absolute Gasteiger partial charge is 0.371 e. The summed E-state index contributed by atoms with van der Waals surface area (Å²) in [6, 6.07) is 19.8. The summed E-state index contributed by atoms with van der Waals surface area (Å²) in [6.07, 6.45) is 2.37. The molecule has 1 atom stereocenters. The Balaban J connectivity index is 1.84. The van der Waals surface area contributed by atoms with E-state index >= 15 is 0 Å². The predicted molar refractivity (Wildman–Crippen MR) is 81.8 cm³/mol. The second-order valence-corrected chi connectivity index (χ2v) is 5.39. The summed E-state index contributed by atoms with van der Waals surface area (Å²) in [7, 11) is 0. The minimum absolute atomic E-state index is 0.644. The molecule has 0 radical (unpaired) electrons. The van der Waals surface area contributed by atoms with Gasteiger partial charge in [0.2, 0.25) is 0 Å². The molecule has 0 amide bonds. The van der Waals surface area contributed by atoms with Crippen LogP contribution in [0.1, 0.15) is 30.4 Å². The van der Waals surface area contributed by atoms with Crippen LogP contribution in [-0.2, 0) is 6.42 Å². The number of para-hydroxylation sites is 1. The highest BCUT2D eigenvalue weighted by atomic mass is 15.1. The Bertz CT molecular complexity index is 532. The molecule has 1 aliphatic heterocycles. The van der Waals surface area contributed by atoms with Gasteiger partial charge in [0.15, 0.2) is 0 Å². The summed E-state index contributed by atoms with van der Waals surface area (Å²) in [5, 5.41) is 0. The van der Waals surface area contributed by atoms with Crippen LogP contribution in [0, 0.1) is 0 Å². The van der Waals surface area contributed by atoms with Gasteiger partial charge < -0.3 is 4.90 Å². The van der Waals surface area contributed by atoms with Crippen molar-refractivity contribution in [3.05, 3.63) is 65.7 Å². The highest BCUT2D eigenvalue weighted by Crippen LogP contribution is 2.37. The second-order valence-electron chi connectivity index (χ2n) is 5.39. The Labute approximate surface area is 115 Å². The maximum atomic E-state index is 2.54. The average molecular weight is 251 g/mol. The van der Waals surface area contributed by atoms with Crippen LogP contribution >= 0.6 is 0 Å². The molecule has 1 aliphatic rings. The molecule has 3 rings (SSSR count). The van der Waals surface area contributed by atoms with E-state index in [0.717, 1.165) is 6.42 Å². The monoisotopic (exact) mass is 251 g/mol. The first-order chi connectivity index (χ1) is 9.38. The predicted octanol–water partition coefficient (Wildman–Crippen LogP) is 4.24. The molecular formula is C18H21N. The molecule has 0 aromatic heterocycles. The van der Waals surface area contributed by atoms with Crippen LogP contribution in [-0.4, -0.2) is 13.1 Å². The molecular weight excluding hydrogens is 230 g/mol. The van der Waals surface area contributed by atoms with Crippen molar-refractivity contribution in [2.24, 2.45) is 0 Å². The van der Waals surface area contributed by atoms with Gasteiger partial charge in [0.05, 0.1) is 0 Å². The fraction of sp³-hybridized carbons (Fsp3) is 0.333. The minimum Gasteiger partial charge on any atom is -0.371 e. The third kappa shape index (κ3) is 2.51. The van der Waals surface area contributed by atoms with E-state index in [1.807, 2.05) is 0 Å². The number of hydrogen-bond donors (Lipinski definition) is 0. The van der Waals surface area contributed by atoms with Crippen molar-refractivity contribution in [2.75, 3.05) is 18.0 Å². The highest BCUT2D eigenvalue weighted by Gasteiger charge is 2.27. The van der Waals surface area contributed by atoms with Crippen molar-refractivity contribution in [2.45, 2.75) is 25.7 Å². The number of anilines is 1. The van der Waals surface area contributed by atoms with Gasteiger partial charge in [0, 0.05) is 24.7 Å². The Kier molecular flexibility index (Phi) is 3.54. The lowest BCUT2D eigenvalue weighted by Gasteiger charge is -2.18. The molecule has 2 aromatic carbocycles. The van der Waals surface area contributed by atoms with Crippen molar-refractivity contribution < 1.29 is 0 Å². The van der Waals surface area contributed by atoms with Crippen molar-refractivity contribution >= 4 is 5.69 Å². The normalized spacial score (nSPS) is 17.5. The molecule has 0 saturated heterocycles. The van der Waals surface area contributed by atoms with E-state index in [0.29, 0.717) is 5.92 Å². The van der Waals surface area contributed by atoms with Gasteiger partial charge in [-0.15, -0.1) is 0 Å². The molecule has 0 saturated carbocycles. The average Bonchev–Trinajstić information content (AvgIpc) is 2.79. The smallest absolute Gasteiger partial charge is 0.0402 e. The lowest BCUT2D eigenvalue weighted by Crippen LogP contribution is -2.23. The SMILES string of the molecule is CCCN1CC(Cc2ccccc2)c2ccccc21. The zero-order valence-corrected chi connectivity index (χ0v) is 11.5. The highest BCUT2D eigenvalue weighted by molar-refractivity contribution is 5.60. The third-order valence-corrected chi connectivity index (χ3v) is 3.98. The van der Waals surface area contributed by atoms with Crippen LogP contribution in [0.5, 0.6) is 0 Å². The van der Waals surface area contributed by atoms with Gasteiger partial charge in [-0.3, -0.25) is 0 Å². The van der Waals surface area contributed by atoms with Gasteiger partial charge in [-0.2, -0.15) is 0 Å². The summed E-state index contributed by atoms with van der Waals surface area (Å²) in [5.74, 6) is 0.644. The first-order valence-electron chi connectivity index (χ1n) is 7.26. The molecule has 1 heterocycles. The maximum absolute atomic E-state index is 2.54. The standard InChI is InChI=1S/C18H21N/c1-2-12-19-14-16(13-15-8-4-3-5-9-15)17-10-6-7-11-18(17)19/h3-11,16H,2,12-14H2,1H3. The Morgan fingerprint density at radius 3 is 2.53 bits per heavy atom. The van der Waals surface area contributed by atoms with E-state index in [9.17, 15) is 0 Å².